The normalized spacial score (nSPS) is 23.7. The topological polar surface area (TPSA) is 169 Å². The Kier molecular flexibility index (Phi) is 26.9. The third-order valence-electron chi connectivity index (χ3n) is 8.80. The molecule has 0 aromatic heterocycles. The van der Waals surface area contributed by atoms with Crippen molar-refractivity contribution < 1.29 is 44.9 Å². The molecule has 0 bridgehead atoms. The van der Waals surface area contributed by atoms with Gasteiger partial charge in [-0.3, -0.25) is 4.79 Å². The van der Waals surface area contributed by atoms with E-state index in [-0.39, 0.29) is 6.61 Å². The first-order chi connectivity index (χ1) is 23.3. The van der Waals surface area contributed by atoms with Gasteiger partial charge in [0.2, 0.25) is 5.91 Å². The Morgan fingerprint density at radius 3 is 1.81 bits per heavy atom. The van der Waals surface area contributed by atoms with Crippen molar-refractivity contribution in [2.75, 3.05) is 13.2 Å². The van der Waals surface area contributed by atoms with Crippen LogP contribution in [0.1, 0.15) is 136 Å². The van der Waals surface area contributed by atoms with Crippen LogP contribution in [0, 0.1) is 0 Å². The average Bonchev–Trinajstić information content (AvgIpc) is 3.08. The van der Waals surface area contributed by atoms with E-state index in [1.54, 1.807) is 6.08 Å². The molecule has 1 aliphatic rings. The number of ether oxygens (including phenoxy) is 2. The van der Waals surface area contributed by atoms with E-state index in [9.17, 15) is 35.4 Å². The van der Waals surface area contributed by atoms with Gasteiger partial charge < -0.3 is 45.4 Å². The third-order valence-corrected chi connectivity index (χ3v) is 8.80. The van der Waals surface area contributed by atoms with E-state index in [1.165, 1.54) is 57.8 Å². The molecule has 1 rings (SSSR count). The van der Waals surface area contributed by atoms with Crippen LogP contribution in [0.5, 0.6) is 0 Å². The fourth-order valence-electron chi connectivity index (χ4n) is 5.60. The summed E-state index contributed by atoms with van der Waals surface area (Å²) in [4.78, 5) is 12.9. The van der Waals surface area contributed by atoms with Crippen molar-refractivity contribution in [3.05, 3.63) is 36.5 Å². The number of carbonyl (C=O) groups excluding carboxylic acids is 1. The molecular formula is C38H69NO9. The van der Waals surface area contributed by atoms with Crippen LogP contribution >= 0.6 is 0 Å². The lowest BCUT2D eigenvalue weighted by molar-refractivity contribution is -0.302. The molecule has 1 aliphatic heterocycles. The van der Waals surface area contributed by atoms with Crippen molar-refractivity contribution in [1.82, 2.24) is 5.32 Å². The monoisotopic (exact) mass is 683 g/mol. The fraction of sp³-hybridized carbons (Fsp3) is 0.816. The van der Waals surface area contributed by atoms with Gasteiger partial charge in [0.15, 0.2) is 6.29 Å². The summed E-state index contributed by atoms with van der Waals surface area (Å²) in [5.41, 5.74) is 0. The third kappa shape index (κ3) is 20.1. The molecule has 1 amide bonds. The first kappa shape index (κ1) is 44.4. The molecule has 48 heavy (non-hydrogen) atoms. The standard InChI is InChI=1S/C38H69NO9/c1-3-5-7-9-11-13-14-15-16-17-19-20-22-24-26-31(41)30(29-47-38-36(45)35(44)34(43)33(28-40)48-38)39-37(46)32(42)27-25-23-21-18-12-10-8-6-4-2/h13-14,17,19,24,26,30-36,38,40-45H,3-12,15-16,18,20-23,25,27-29H2,1-2H3,(H,39,46)/b14-13+,19-17+,26-24+. The molecule has 8 atom stereocenters. The lowest BCUT2D eigenvalue weighted by Gasteiger charge is -2.40. The molecule has 0 spiro atoms. The van der Waals surface area contributed by atoms with Crippen LogP contribution < -0.4 is 5.32 Å². The van der Waals surface area contributed by atoms with Crippen LogP contribution in [-0.2, 0) is 14.3 Å². The fourth-order valence-corrected chi connectivity index (χ4v) is 5.60. The van der Waals surface area contributed by atoms with E-state index >= 15 is 0 Å². The highest BCUT2D eigenvalue weighted by Crippen LogP contribution is 2.22. The summed E-state index contributed by atoms with van der Waals surface area (Å²) in [7, 11) is 0. The summed E-state index contributed by atoms with van der Waals surface area (Å²) >= 11 is 0. The Hall–Kier alpha value is -1.63. The molecule has 1 fully saturated rings. The second-order valence-corrected chi connectivity index (χ2v) is 13.1. The van der Waals surface area contributed by atoms with Crippen LogP contribution in [0.15, 0.2) is 36.5 Å². The maximum absolute atomic E-state index is 12.9. The number of unbranched alkanes of at least 4 members (excludes halogenated alkanes) is 14. The molecule has 0 aromatic rings. The molecule has 7 N–H and O–H groups in total. The van der Waals surface area contributed by atoms with Gasteiger partial charge in [-0.25, -0.2) is 0 Å². The van der Waals surface area contributed by atoms with Gasteiger partial charge in [-0.2, -0.15) is 0 Å². The maximum Gasteiger partial charge on any atom is 0.249 e. The van der Waals surface area contributed by atoms with Crippen LogP contribution in [0.4, 0.5) is 0 Å². The van der Waals surface area contributed by atoms with Gasteiger partial charge in [0, 0.05) is 0 Å². The SMILES string of the molecule is CCCCCC/C=C/CC/C=C/CC/C=C/C(O)C(COC1OC(CO)C(O)C(O)C1O)NC(=O)C(O)CCCCCCCCCCC. The summed E-state index contributed by atoms with van der Waals surface area (Å²) in [6.45, 7) is 3.49. The Labute approximate surface area is 290 Å². The number of allylic oxidation sites excluding steroid dienone is 5. The van der Waals surface area contributed by atoms with Crippen molar-refractivity contribution >= 4 is 5.91 Å². The van der Waals surface area contributed by atoms with Crippen LogP contribution in [-0.4, -0.2) is 98.7 Å². The highest BCUT2D eigenvalue weighted by Gasteiger charge is 2.44. The number of hydrogen-bond acceptors (Lipinski definition) is 9. The van der Waals surface area contributed by atoms with E-state index in [1.807, 2.05) is 6.08 Å². The summed E-state index contributed by atoms with van der Waals surface area (Å²) in [5.74, 6) is -0.637. The molecule has 280 valence electrons. The van der Waals surface area contributed by atoms with Crippen molar-refractivity contribution in [2.24, 2.45) is 0 Å². The van der Waals surface area contributed by atoms with E-state index in [4.69, 9.17) is 9.47 Å². The highest BCUT2D eigenvalue weighted by molar-refractivity contribution is 5.80. The molecule has 10 nitrogen and oxygen atoms in total. The number of aliphatic hydroxyl groups excluding tert-OH is 6. The molecular weight excluding hydrogens is 614 g/mol. The number of carbonyl (C=O) groups is 1. The van der Waals surface area contributed by atoms with Gasteiger partial charge in [-0.05, 0) is 44.9 Å². The largest absolute Gasteiger partial charge is 0.394 e. The Morgan fingerprint density at radius 2 is 1.23 bits per heavy atom. The second kappa shape index (κ2) is 29.1. The summed E-state index contributed by atoms with van der Waals surface area (Å²) in [6.07, 6.45) is 22.5. The van der Waals surface area contributed by atoms with E-state index in [0.717, 1.165) is 44.9 Å². The van der Waals surface area contributed by atoms with Gasteiger partial charge in [0.25, 0.3) is 0 Å². The molecule has 1 saturated heterocycles. The van der Waals surface area contributed by atoms with E-state index in [2.05, 4.69) is 43.5 Å². The summed E-state index contributed by atoms with van der Waals surface area (Å²) < 4.78 is 11.0. The van der Waals surface area contributed by atoms with Gasteiger partial charge in [-0.1, -0.05) is 127 Å². The zero-order chi connectivity index (χ0) is 35.4. The predicted molar refractivity (Wildman–Crippen MR) is 190 cm³/mol. The minimum absolute atomic E-state index is 0.301. The number of hydrogen-bond donors (Lipinski definition) is 7. The first-order valence-electron chi connectivity index (χ1n) is 18.8. The molecule has 1 heterocycles. The summed E-state index contributed by atoms with van der Waals surface area (Å²) in [5, 5.41) is 64.1. The molecule has 8 unspecified atom stereocenters. The molecule has 0 saturated carbocycles. The Morgan fingerprint density at radius 1 is 0.708 bits per heavy atom. The molecule has 0 aromatic carbocycles. The lowest BCUT2D eigenvalue weighted by Crippen LogP contribution is -2.60. The van der Waals surface area contributed by atoms with Gasteiger partial charge in [-0.15, -0.1) is 0 Å². The lowest BCUT2D eigenvalue weighted by atomic mass is 9.99. The van der Waals surface area contributed by atoms with Crippen LogP contribution in [0.3, 0.4) is 0 Å². The van der Waals surface area contributed by atoms with Gasteiger partial charge >= 0.3 is 0 Å². The average molecular weight is 684 g/mol. The van der Waals surface area contributed by atoms with Crippen molar-refractivity contribution in [2.45, 2.75) is 185 Å². The van der Waals surface area contributed by atoms with Crippen molar-refractivity contribution in [3.63, 3.8) is 0 Å². The van der Waals surface area contributed by atoms with E-state index < -0.39 is 61.5 Å². The van der Waals surface area contributed by atoms with Crippen molar-refractivity contribution in [3.8, 4) is 0 Å². The smallest absolute Gasteiger partial charge is 0.249 e. The number of aliphatic hydroxyl groups is 6. The van der Waals surface area contributed by atoms with Crippen molar-refractivity contribution in [1.29, 1.82) is 0 Å². The summed E-state index contributed by atoms with van der Waals surface area (Å²) in [6, 6.07) is -0.997. The first-order valence-corrected chi connectivity index (χ1v) is 18.8. The highest BCUT2D eigenvalue weighted by atomic mass is 16.7. The maximum atomic E-state index is 12.9. The minimum atomic E-state index is -1.61. The molecule has 0 radical (unpaired) electrons. The number of rotatable bonds is 29. The van der Waals surface area contributed by atoms with Crippen LogP contribution in [0.25, 0.3) is 0 Å². The van der Waals surface area contributed by atoms with Gasteiger partial charge in [0.1, 0.15) is 30.5 Å². The van der Waals surface area contributed by atoms with Crippen LogP contribution in [0.2, 0.25) is 0 Å². The predicted octanol–water partition coefficient (Wildman–Crippen LogP) is 5.13. The zero-order valence-electron chi connectivity index (χ0n) is 29.8. The molecule has 0 aliphatic carbocycles. The molecule has 10 heteroatoms. The van der Waals surface area contributed by atoms with Gasteiger partial charge in [0.05, 0.1) is 25.4 Å². The van der Waals surface area contributed by atoms with E-state index in [0.29, 0.717) is 19.3 Å². The quantitative estimate of drug-likeness (QED) is 0.0418. The second-order valence-electron chi connectivity index (χ2n) is 13.1. The number of nitrogens with one attached hydrogen (secondary N) is 1. The zero-order valence-corrected chi connectivity index (χ0v) is 29.8. The Balaban J connectivity index is 2.60. The minimum Gasteiger partial charge on any atom is -0.394 e. The number of amides is 1. The Bertz CT molecular complexity index is 865.